The van der Waals surface area contributed by atoms with Crippen molar-refractivity contribution < 1.29 is 66.7 Å². The number of carboxylic acids is 1. The molecule has 9 N–H and O–H groups in total. The van der Waals surface area contributed by atoms with E-state index < -0.39 is 50.5 Å². The van der Waals surface area contributed by atoms with Crippen LogP contribution in [0.2, 0.25) is 0 Å². The number of nitrogens with zero attached hydrogens (tertiary/aromatic N) is 3. The fourth-order valence-electron chi connectivity index (χ4n) is 6.86. The molecular weight excluding hydrogens is 898 g/mol. The third-order valence-corrected chi connectivity index (χ3v) is 11.5. The van der Waals surface area contributed by atoms with Gasteiger partial charge in [0.15, 0.2) is 27.9 Å². The Labute approximate surface area is 372 Å². The number of fused-ring (bicyclic) bond motifs is 3. The van der Waals surface area contributed by atoms with Gasteiger partial charge in [-0.25, -0.2) is 14.3 Å². The molecule has 65 heavy (non-hydrogen) atoms. The van der Waals surface area contributed by atoms with Gasteiger partial charge >= 0.3 is 13.8 Å². The highest BCUT2D eigenvalue weighted by molar-refractivity contribution is 7.80. The molecule has 0 amide bonds. The zero-order chi connectivity index (χ0) is 46.3. The largest absolute Gasteiger partial charge is 0.508 e. The number of rotatable bonds is 21. The molecule has 0 radical (unpaired) electrons. The zero-order valence-electron chi connectivity index (χ0n) is 34.4. The molecule has 4 heterocycles. The van der Waals surface area contributed by atoms with E-state index in [4.69, 9.17) is 54.9 Å². The third kappa shape index (κ3) is 11.1. The van der Waals surface area contributed by atoms with Gasteiger partial charge in [0.25, 0.3) is 5.56 Å². The van der Waals surface area contributed by atoms with Crippen LogP contribution in [-0.4, -0.2) is 136 Å². The minimum Gasteiger partial charge on any atom is -0.508 e. The normalized spacial score (nSPS) is 18.3. The van der Waals surface area contributed by atoms with E-state index in [2.05, 4.69) is 25.6 Å². The van der Waals surface area contributed by atoms with Crippen LogP contribution in [0.25, 0.3) is 44.6 Å². The Morgan fingerprint density at radius 1 is 0.954 bits per heavy atom. The number of hydrogen-bond acceptors (Lipinski definition) is 19. The second kappa shape index (κ2) is 21.0. The fraction of sp³-hybridized carbons (Fsp3) is 0.350. The summed E-state index contributed by atoms with van der Waals surface area (Å²) in [5.74, 6) is -1.19. The SMILES string of the molecule is COP(=O)(OCCOCCOCCOCCNC(=S)Nc1ccc(C(=O)O)c(-c2c3ccc(=O)cc-3oc3cc(O)ccc23)c1)OCC1OC(n2cnc3c(=O)[nH]c(N)nc32)C(O)C1O. The number of phenols is 1. The number of ether oxygens (including phenoxy) is 4. The Bertz CT molecular complexity index is 2800. The Kier molecular flexibility index (Phi) is 15.2. The first-order valence-corrected chi connectivity index (χ1v) is 21.7. The van der Waals surface area contributed by atoms with Crippen LogP contribution in [0.1, 0.15) is 16.6 Å². The van der Waals surface area contributed by atoms with E-state index in [0.717, 1.165) is 7.11 Å². The number of hydrogen-bond donors (Lipinski definition) is 8. The number of aliphatic hydroxyl groups is 2. The number of anilines is 2. The van der Waals surface area contributed by atoms with Gasteiger partial charge in [-0.3, -0.25) is 32.7 Å². The van der Waals surface area contributed by atoms with Crippen LogP contribution >= 0.6 is 20.0 Å². The maximum Gasteiger partial charge on any atom is 0.474 e. The number of thiocarbonyl (C=S) groups is 1. The number of carbonyl (C=O) groups is 1. The lowest BCUT2D eigenvalue weighted by molar-refractivity contribution is -0.0527. The van der Waals surface area contributed by atoms with Gasteiger partial charge in [0, 0.05) is 48.0 Å². The van der Waals surface area contributed by atoms with Crippen LogP contribution in [-0.2, 0) is 37.1 Å². The quantitative estimate of drug-likeness (QED) is 0.0222. The van der Waals surface area contributed by atoms with Gasteiger partial charge in [0.2, 0.25) is 5.95 Å². The van der Waals surface area contributed by atoms with Gasteiger partial charge in [0.1, 0.15) is 35.4 Å². The lowest BCUT2D eigenvalue weighted by Gasteiger charge is -2.19. The molecule has 2 aromatic heterocycles. The summed E-state index contributed by atoms with van der Waals surface area (Å²) < 4.78 is 58.0. The smallest absolute Gasteiger partial charge is 0.474 e. The van der Waals surface area contributed by atoms with E-state index in [1.807, 2.05) is 0 Å². The van der Waals surface area contributed by atoms with Gasteiger partial charge in [-0.15, -0.1) is 0 Å². The highest BCUT2D eigenvalue weighted by Gasteiger charge is 2.45. The van der Waals surface area contributed by atoms with Crippen molar-refractivity contribution in [2.24, 2.45) is 0 Å². The van der Waals surface area contributed by atoms with Crippen molar-refractivity contribution in [1.82, 2.24) is 24.8 Å². The van der Waals surface area contributed by atoms with Crippen molar-refractivity contribution >= 4 is 64.9 Å². The Hall–Kier alpha value is -5.89. The predicted molar refractivity (Wildman–Crippen MR) is 235 cm³/mol. The summed E-state index contributed by atoms with van der Waals surface area (Å²) in [6, 6.07) is 13.4. The van der Waals surface area contributed by atoms with Gasteiger partial charge < -0.3 is 60.2 Å². The van der Waals surface area contributed by atoms with E-state index in [1.54, 1.807) is 24.3 Å². The standard InChI is InChI=1S/C40H44N7O16PS/c1-56-64(55,61-19-30-33(50)34(51)37(63-30)47-20-43-32-35(47)45-39(41)46-36(32)52)60-15-14-59-13-12-58-11-10-57-9-8-42-40(65)44-21-2-5-24(38(53)54)27(16-21)31-25-6-3-22(48)17-28(25)62-29-18-23(49)4-7-26(29)31/h2-7,16-18,20,30,33-34,37,48,50-51H,8-15,19H2,1H3,(H,53,54)(H2,42,44,65)(H3,41,45,46,52). The van der Waals surface area contributed by atoms with Crippen LogP contribution < -0.4 is 27.4 Å². The summed E-state index contributed by atoms with van der Waals surface area (Å²) in [5.41, 5.74) is 6.81. The first kappa shape index (κ1) is 47.1. The molecule has 7 rings (SSSR count). The Balaban J connectivity index is 0.776. The molecule has 0 bridgehead atoms. The molecule has 0 saturated carbocycles. The average Bonchev–Trinajstić information content (AvgIpc) is 3.82. The van der Waals surface area contributed by atoms with Crippen LogP contribution in [0.4, 0.5) is 11.6 Å². The monoisotopic (exact) mass is 941 g/mol. The van der Waals surface area contributed by atoms with Crippen LogP contribution in [0.15, 0.2) is 74.9 Å². The molecule has 5 atom stereocenters. The minimum absolute atomic E-state index is 0.000168. The number of aromatic nitrogens is 4. The minimum atomic E-state index is -4.12. The maximum absolute atomic E-state index is 13.0. The molecular formula is C40H44N7O16PS. The van der Waals surface area contributed by atoms with Gasteiger partial charge in [0.05, 0.1) is 64.7 Å². The number of aromatic carboxylic acids is 1. The number of H-pyrrole nitrogens is 1. The molecule has 4 aromatic rings. The average molecular weight is 942 g/mol. The summed E-state index contributed by atoms with van der Waals surface area (Å²) in [5, 5.41) is 48.3. The molecule has 5 unspecified atom stereocenters. The number of aromatic hydroxyl groups is 1. The number of nitrogens with two attached hydrogens (primary N) is 1. The lowest BCUT2D eigenvalue weighted by atomic mass is 9.90. The van der Waals surface area contributed by atoms with E-state index in [1.165, 1.54) is 41.2 Å². The molecule has 25 heteroatoms. The molecule has 1 saturated heterocycles. The van der Waals surface area contributed by atoms with Crippen molar-refractivity contribution in [1.29, 1.82) is 0 Å². The van der Waals surface area contributed by atoms with E-state index in [0.29, 0.717) is 34.3 Å². The lowest BCUT2D eigenvalue weighted by Crippen LogP contribution is -2.33. The summed E-state index contributed by atoms with van der Waals surface area (Å²) in [4.78, 5) is 47.0. The number of aliphatic hydroxyl groups excluding tert-OH is 2. The Morgan fingerprint density at radius 3 is 2.43 bits per heavy atom. The number of benzene rings is 3. The number of nitrogens with one attached hydrogen (secondary N) is 3. The summed E-state index contributed by atoms with van der Waals surface area (Å²) in [6.45, 7) is 0.930. The third-order valence-electron chi connectivity index (χ3n) is 9.89. The number of imidazole rings is 1. The van der Waals surface area contributed by atoms with E-state index in [9.17, 15) is 39.4 Å². The van der Waals surface area contributed by atoms with Crippen molar-refractivity contribution in [3.63, 3.8) is 0 Å². The Morgan fingerprint density at radius 2 is 1.69 bits per heavy atom. The first-order chi connectivity index (χ1) is 31.2. The highest BCUT2D eigenvalue weighted by Crippen LogP contribution is 2.49. The van der Waals surface area contributed by atoms with Crippen molar-refractivity contribution in [3.8, 4) is 28.2 Å². The van der Waals surface area contributed by atoms with Crippen LogP contribution in [0.5, 0.6) is 5.75 Å². The van der Waals surface area contributed by atoms with E-state index in [-0.39, 0.29) is 96.6 Å². The number of aromatic amines is 1. The molecule has 2 aliphatic heterocycles. The van der Waals surface area contributed by atoms with Gasteiger partial charge in [-0.1, -0.05) is 0 Å². The first-order valence-electron chi connectivity index (χ1n) is 19.8. The molecule has 1 aliphatic carbocycles. The van der Waals surface area contributed by atoms with E-state index >= 15 is 0 Å². The number of nitrogen functional groups attached to an aromatic ring is 1. The number of carboxylic acid groups (broad SMARTS) is 1. The summed E-state index contributed by atoms with van der Waals surface area (Å²) >= 11 is 5.46. The zero-order valence-corrected chi connectivity index (χ0v) is 36.1. The number of phosphoric ester groups is 1. The summed E-state index contributed by atoms with van der Waals surface area (Å²) in [7, 11) is -3.01. The topological polar surface area (TPSA) is 324 Å². The molecule has 1 fully saturated rings. The van der Waals surface area contributed by atoms with Crippen molar-refractivity contribution in [3.05, 3.63) is 87.1 Å². The number of phenolic OH excluding ortho intramolecular Hbond substituents is 1. The van der Waals surface area contributed by atoms with Gasteiger partial charge in [-0.2, -0.15) is 4.98 Å². The molecule has 0 spiro atoms. The fourth-order valence-corrected chi connectivity index (χ4v) is 7.99. The van der Waals surface area contributed by atoms with Gasteiger partial charge in [-0.05, 0) is 60.2 Å². The van der Waals surface area contributed by atoms with Crippen LogP contribution in [0.3, 0.4) is 0 Å². The van der Waals surface area contributed by atoms with Crippen molar-refractivity contribution in [2.45, 2.75) is 24.5 Å². The second-order valence-corrected chi connectivity index (χ2v) is 16.4. The maximum atomic E-state index is 13.0. The van der Waals surface area contributed by atoms with Crippen LogP contribution in [0, 0.1) is 0 Å². The van der Waals surface area contributed by atoms with Crippen molar-refractivity contribution in [2.75, 3.05) is 77.6 Å². The number of phosphoric acid groups is 1. The molecule has 346 valence electrons. The molecule has 3 aliphatic rings. The predicted octanol–water partition coefficient (Wildman–Crippen LogP) is 2.43. The summed E-state index contributed by atoms with van der Waals surface area (Å²) in [6.07, 6.45) is -4.17. The highest BCUT2D eigenvalue weighted by atomic mass is 32.1. The second-order valence-electron chi connectivity index (χ2n) is 14.2. The molecule has 2 aromatic carbocycles. The molecule has 23 nitrogen and oxygen atoms in total.